The second kappa shape index (κ2) is 8.81. The van der Waals surface area contributed by atoms with E-state index in [9.17, 15) is 5.26 Å². The van der Waals surface area contributed by atoms with Crippen LogP contribution >= 0.6 is 23.4 Å². The highest BCUT2D eigenvalue weighted by molar-refractivity contribution is 8.00. The van der Waals surface area contributed by atoms with Crippen LogP contribution in [0.2, 0.25) is 5.02 Å². The molecule has 1 aliphatic carbocycles. The van der Waals surface area contributed by atoms with Crippen molar-refractivity contribution in [3.8, 4) is 17.5 Å². The Labute approximate surface area is 174 Å². The summed E-state index contributed by atoms with van der Waals surface area (Å²) in [5, 5.41) is 19.9. The van der Waals surface area contributed by atoms with Crippen LogP contribution in [0.1, 0.15) is 37.3 Å². The topological polar surface area (TPSA) is 54.5 Å². The third-order valence-electron chi connectivity index (χ3n) is 5.12. The van der Waals surface area contributed by atoms with Gasteiger partial charge in [0.25, 0.3) is 0 Å². The Morgan fingerprint density at radius 2 is 1.79 bits per heavy atom. The first-order chi connectivity index (χ1) is 13.8. The molecular formula is C22H21ClN4S. The van der Waals surface area contributed by atoms with Gasteiger partial charge in [-0.1, -0.05) is 78.7 Å². The van der Waals surface area contributed by atoms with Gasteiger partial charge in [-0.3, -0.25) is 4.57 Å². The molecule has 0 N–H and O–H groups in total. The summed E-state index contributed by atoms with van der Waals surface area (Å²) in [5.74, 6) is 0.802. The zero-order valence-electron chi connectivity index (χ0n) is 15.5. The van der Waals surface area contributed by atoms with E-state index in [0.717, 1.165) is 34.9 Å². The second-order valence-electron chi connectivity index (χ2n) is 7.02. The number of hydrogen-bond donors (Lipinski definition) is 0. The zero-order chi connectivity index (χ0) is 19.3. The van der Waals surface area contributed by atoms with E-state index in [1.165, 1.54) is 24.6 Å². The van der Waals surface area contributed by atoms with Crippen molar-refractivity contribution in [2.75, 3.05) is 0 Å². The molecule has 6 heteroatoms. The predicted octanol–water partition coefficient (Wildman–Crippen LogP) is 5.94. The van der Waals surface area contributed by atoms with Gasteiger partial charge >= 0.3 is 0 Å². The molecule has 0 bridgehead atoms. The third kappa shape index (κ3) is 4.09. The fourth-order valence-corrected chi connectivity index (χ4v) is 4.98. The number of halogens is 1. The lowest BCUT2D eigenvalue weighted by Crippen LogP contribution is -2.11. The molecule has 0 saturated heterocycles. The van der Waals surface area contributed by atoms with Gasteiger partial charge in [0.1, 0.15) is 5.25 Å². The fraction of sp³-hybridized carbons (Fsp3) is 0.318. The number of thioether (sulfide) groups is 1. The molecule has 1 saturated carbocycles. The van der Waals surface area contributed by atoms with E-state index in [2.05, 4.69) is 33.0 Å². The average molecular weight is 409 g/mol. The Hall–Kier alpha value is -2.29. The van der Waals surface area contributed by atoms with Gasteiger partial charge < -0.3 is 0 Å². The van der Waals surface area contributed by atoms with E-state index in [-0.39, 0.29) is 5.25 Å². The summed E-state index contributed by atoms with van der Waals surface area (Å²) in [4.78, 5) is 0. The van der Waals surface area contributed by atoms with Gasteiger partial charge in [-0.05, 0) is 37.0 Å². The van der Waals surface area contributed by atoms with Crippen LogP contribution in [0.3, 0.4) is 0 Å². The smallest absolute Gasteiger partial charge is 0.193 e. The molecule has 1 atom stereocenters. The van der Waals surface area contributed by atoms with E-state index < -0.39 is 0 Å². The molecule has 0 spiro atoms. The number of nitriles is 1. The Balaban J connectivity index is 1.67. The molecule has 142 valence electrons. The predicted molar refractivity (Wildman–Crippen MR) is 113 cm³/mol. The van der Waals surface area contributed by atoms with Crippen LogP contribution < -0.4 is 0 Å². The molecule has 4 nitrogen and oxygen atoms in total. The molecule has 1 heterocycles. The first-order valence-corrected chi connectivity index (χ1v) is 10.8. The van der Waals surface area contributed by atoms with Crippen molar-refractivity contribution in [2.45, 2.75) is 48.6 Å². The minimum atomic E-state index is -0.217. The number of benzene rings is 2. The molecule has 1 aromatic heterocycles. The van der Waals surface area contributed by atoms with Crippen molar-refractivity contribution in [2.24, 2.45) is 0 Å². The molecule has 2 aromatic carbocycles. The van der Waals surface area contributed by atoms with Gasteiger partial charge in [0.15, 0.2) is 11.0 Å². The van der Waals surface area contributed by atoms with Gasteiger partial charge in [0.05, 0.1) is 11.1 Å². The van der Waals surface area contributed by atoms with Crippen LogP contribution in [-0.2, 0) is 6.42 Å². The maximum Gasteiger partial charge on any atom is 0.193 e. The van der Waals surface area contributed by atoms with E-state index in [4.69, 9.17) is 11.6 Å². The van der Waals surface area contributed by atoms with Gasteiger partial charge in [0.2, 0.25) is 0 Å². The summed E-state index contributed by atoms with van der Waals surface area (Å²) in [6.07, 6.45) is 5.32. The van der Waals surface area contributed by atoms with Gasteiger partial charge in [-0.15, -0.1) is 10.2 Å². The van der Waals surface area contributed by atoms with Crippen molar-refractivity contribution < 1.29 is 0 Å². The maximum atomic E-state index is 9.72. The van der Waals surface area contributed by atoms with Crippen LogP contribution in [0.15, 0.2) is 59.8 Å². The normalized spacial score (nSPS) is 15.4. The summed E-state index contributed by atoms with van der Waals surface area (Å²) in [6.45, 7) is 0. The van der Waals surface area contributed by atoms with Crippen molar-refractivity contribution in [1.82, 2.24) is 14.8 Å². The lowest BCUT2D eigenvalue weighted by molar-refractivity contribution is 0.485. The van der Waals surface area contributed by atoms with E-state index in [0.29, 0.717) is 17.5 Å². The highest BCUT2D eigenvalue weighted by Gasteiger charge is 2.27. The van der Waals surface area contributed by atoms with E-state index in [1.54, 1.807) is 0 Å². The lowest BCUT2D eigenvalue weighted by Gasteiger charge is -2.18. The zero-order valence-corrected chi connectivity index (χ0v) is 17.0. The molecule has 0 amide bonds. The van der Waals surface area contributed by atoms with Crippen molar-refractivity contribution in [3.63, 3.8) is 0 Å². The number of nitrogens with zero attached hydrogens (tertiary/aromatic N) is 4. The quantitative estimate of drug-likeness (QED) is 0.473. The summed E-state index contributed by atoms with van der Waals surface area (Å²) >= 11 is 7.95. The van der Waals surface area contributed by atoms with Crippen molar-refractivity contribution in [1.29, 1.82) is 5.26 Å². The Morgan fingerprint density at radius 1 is 1.07 bits per heavy atom. The Kier molecular flexibility index (Phi) is 5.99. The second-order valence-corrected chi connectivity index (χ2v) is 8.60. The lowest BCUT2D eigenvalue weighted by atomic mass is 10.1. The monoisotopic (exact) mass is 408 g/mol. The molecular weight excluding hydrogens is 388 g/mol. The highest BCUT2D eigenvalue weighted by atomic mass is 35.5. The minimum absolute atomic E-state index is 0.217. The van der Waals surface area contributed by atoms with Gasteiger partial charge in [-0.25, -0.2) is 0 Å². The summed E-state index contributed by atoms with van der Waals surface area (Å²) in [6, 6.07) is 20.7. The SMILES string of the molecule is N#CC(Cc1ccccc1)Sc1nnc(-c2ccccc2Cl)n1C1CCCC1. The van der Waals surface area contributed by atoms with Crippen LogP contribution in [0, 0.1) is 11.3 Å². The largest absolute Gasteiger partial charge is 0.299 e. The van der Waals surface area contributed by atoms with E-state index in [1.807, 2.05) is 42.5 Å². The van der Waals surface area contributed by atoms with Gasteiger partial charge in [0, 0.05) is 11.6 Å². The number of rotatable bonds is 6. The minimum Gasteiger partial charge on any atom is -0.299 e. The number of aromatic nitrogens is 3. The van der Waals surface area contributed by atoms with E-state index >= 15 is 0 Å². The van der Waals surface area contributed by atoms with Crippen molar-refractivity contribution in [3.05, 3.63) is 65.2 Å². The molecule has 4 rings (SSSR count). The van der Waals surface area contributed by atoms with Crippen LogP contribution in [-0.4, -0.2) is 20.0 Å². The summed E-state index contributed by atoms with van der Waals surface area (Å²) in [7, 11) is 0. The maximum absolute atomic E-state index is 9.72. The molecule has 1 aliphatic rings. The standard InChI is InChI=1S/C22H21ClN4S/c23-20-13-7-6-12-19(20)21-25-26-22(27(21)17-10-4-5-11-17)28-18(15-24)14-16-8-2-1-3-9-16/h1-3,6-9,12-13,17-18H,4-5,10-11,14H2. The van der Waals surface area contributed by atoms with Crippen LogP contribution in [0.4, 0.5) is 0 Å². The third-order valence-corrected chi connectivity index (χ3v) is 6.50. The summed E-state index contributed by atoms with van der Waals surface area (Å²) < 4.78 is 2.22. The van der Waals surface area contributed by atoms with Crippen LogP contribution in [0.25, 0.3) is 11.4 Å². The van der Waals surface area contributed by atoms with Crippen LogP contribution in [0.5, 0.6) is 0 Å². The summed E-state index contributed by atoms with van der Waals surface area (Å²) in [5.41, 5.74) is 2.05. The molecule has 1 fully saturated rings. The first kappa shape index (κ1) is 19.0. The molecule has 1 unspecified atom stereocenters. The van der Waals surface area contributed by atoms with Crippen molar-refractivity contribution >= 4 is 23.4 Å². The average Bonchev–Trinajstić information content (AvgIpc) is 3.38. The Morgan fingerprint density at radius 3 is 2.50 bits per heavy atom. The molecule has 3 aromatic rings. The molecule has 0 radical (unpaired) electrons. The van der Waals surface area contributed by atoms with Gasteiger partial charge in [-0.2, -0.15) is 5.26 Å². The molecule has 28 heavy (non-hydrogen) atoms. The molecule has 0 aliphatic heterocycles. The Bertz CT molecular complexity index is 974. The highest BCUT2D eigenvalue weighted by Crippen LogP contribution is 2.39. The first-order valence-electron chi connectivity index (χ1n) is 9.56. The fourth-order valence-electron chi connectivity index (χ4n) is 3.74. The number of hydrogen-bond acceptors (Lipinski definition) is 4.